The predicted octanol–water partition coefficient (Wildman–Crippen LogP) is 4.33. The van der Waals surface area contributed by atoms with Gasteiger partial charge in [-0.2, -0.15) is 0 Å². The highest BCUT2D eigenvalue weighted by Crippen LogP contribution is 2.40. The second kappa shape index (κ2) is 5.82. The van der Waals surface area contributed by atoms with Gasteiger partial charge in [-0.3, -0.25) is 4.79 Å². The summed E-state index contributed by atoms with van der Waals surface area (Å²) >= 11 is 0. The Morgan fingerprint density at radius 3 is 2.75 bits per heavy atom. The molecule has 1 aromatic carbocycles. The molecule has 0 aromatic heterocycles. The van der Waals surface area contributed by atoms with Gasteiger partial charge in [0.1, 0.15) is 5.75 Å². The Hall–Kier alpha value is -1.57. The van der Waals surface area contributed by atoms with Gasteiger partial charge in [-0.25, -0.2) is 0 Å². The van der Waals surface area contributed by atoms with Gasteiger partial charge in [0.15, 0.2) is 5.78 Å². The fourth-order valence-electron chi connectivity index (χ4n) is 3.29. The van der Waals surface area contributed by atoms with Crippen molar-refractivity contribution in [2.24, 2.45) is 5.41 Å². The standard InChI is InChI=1S/C18H24O2/c1-13-7-6-10-18(2,3)17(13)16(19)12-14-8-5-9-15(11-14)20-4/h5,8-9,11H,6-7,10,12H2,1-4H3. The summed E-state index contributed by atoms with van der Waals surface area (Å²) in [5.74, 6) is 1.07. The number of carbonyl (C=O) groups excluding carboxylic acids is 1. The number of Topliss-reactive ketones (excluding diaryl/α,β-unsaturated/α-hetero) is 1. The summed E-state index contributed by atoms with van der Waals surface area (Å²) in [6, 6.07) is 7.79. The van der Waals surface area contributed by atoms with Gasteiger partial charge in [0, 0.05) is 12.0 Å². The molecule has 0 heterocycles. The largest absolute Gasteiger partial charge is 0.497 e. The van der Waals surface area contributed by atoms with Crippen LogP contribution in [0.4, 0.5) is 0 Å². The number of allylic oxidation sites excluding steroid dienone is 2. The van der Waals surface area contributed by atoms with Crippen molar-refractivity contribution in [2.75, 3.05) is 7.11 Å². The first-order valence-electron chi connectivity index (χ1n) is 7.30. The Morgan fingerprint density at radius 1 is 1.35 bits per heavy atom. The summed E-state index contributed by atoms with van der Waals surface area (Å²) in [6.07, 6.45) is 3.81. The molecule has 20 heavy (non-hydrogen) atoms. The summed E-state index contributed by atoms with van der Waals surface area (Å²) in [5.41, 5.74) is 3.36. The lowest BCUT2D eigenvalue weighted by Gasteiger charge is -2.33. The van der Waals surface area contributed by atoms with Crippen LogP contribution >= 0.6 is 0 Å². The molecule has 2 heteroatoms. The molecule has 0 unspecified atom stereocenters. The Kier molecular flexibility index (Phi) is 4.32. The molecule has 0 aliphatic heterocycles. The summed E-state index contributed by atoms with van der Waals surface area (Å²) in [5, 5.41) is 0. The van der Waals surface area contributed by atoms with E-state index in [0.29, 0.717) is 6.42 Å². The minimum absolute atomic E-state index is 0.0122. The molecule has 0 amide bonds. The van der Waals surface area contributed by atoms with Crippen LogP contribution in [-0.2, 0) is 11.2 Å². The van der Waals surface area contributed by atoms with Crippen LogP contribution in [0.15, 0.2) is 35.4 Å². The molecule has 0 bridgehead atoms. The van der Waals surface area contributed by atoms with E-state index >= 15 is 0 Å². The number of benzene rings is 1. The maximum atomic E-state index is 12.7. The van der Waals surface area contributed by atoms with Crippen molar-refractivity contribution in [2.45, 2.75) is 46.5 Å². The van der Waals surface area contributed by atoms with Crippen LogP contribution in [0, 0.1) is 5.41 Å². The summed E-state index contributed by atoms with van der Waals surface area (Å²) in [7, 11) is 1.65. The molecule has 1 aliphatic carbocycles. The fourth-order valence-corrected chi connectivity index (χ4v) is 3.29. The van der Waals surface area contributed by atoms with Gasteiger partial charge < -0.3 is 4.74 Å². The minimum atomic E-state index is 0.0122. The van der Waals surface area contributed by atoms with Crippen molar-refractivity contribution in [3.05, 3.63) is 41.0 Å². The van der Waals surface area contributed by atoms with Crippen LogP contribution in [-0.4, -0.2) is 12.9 Å². The molecular weight excluding hydrogens is 248 g/mol. The lowest BCUT2D eigenvalue weighted by molar-refractivity contribution is -0.116. The molecule has 0 atom stereocenters. The summed E-state index contributed by atoms with van der Waals surface area (Å²) < 4.78 is 5.22. The van der Waals surface area contributed by atoms with E-state index in [0.717, 1.165) is 29.7 Å². The topological polar surface area (TPSA) is 26.3 Å². The van der Waals surface area contributed by atoms with E-state index in [1.807, 2.05) is 24.3 Å². The van der Waals surface area contributed by atoms with Gasteiger partial charge in [-0.1, -0.05) is 31.6 Å². The SMILES string of the molecule is COc1cccc(CC(=O)C2=C(C)CCCC2(C)C)c1. The number of ether oxygens (including phenoxy) is 1. The van der Waals surface area contributed by atoms with Gasteiger partial charge in [-0.15, -0.1) is 0 Å². The minimum Gasteiger partial charge on any atom is -0.497 e. The number of rotatable bonds is 4. The zero-order valence-electron chi connectivity index (χ0n) is 13.0. The fraction of sp³-hybridized carbons (Fsp3) is 0.500. The number of hydrogen-bond donors (Lipinski definition) is 0. The van der Waals surface area contributed by atoms with Gasteiger partial charge in [0.05, 0.1) is 7.11 Å². The number of methoxy groups -OCH3 is 1. The van der Waals surface area contributed by atoms with Gasteiger partial charge >= 0.3 is 0 Å². The van der Waals surface area contributed by atoms with E-state index in [-0.39, 0.29) is 11.2 Å². The first kappa shape index (κ1) is 14.8. The summed E-state index contributed by atoms with van der Waals surface area (Å²) in [4.78, 5) is 12.7. The maximum absolute atomic E-state index is 12.7. The first-order chi connectivity index (χ1) is 9.44. The Morgan fingerprint density at radius 2 is 2.10 bits per heavy atom. The van der Waals surface area contributed by atoms with Crippen LogP contribution in [0.25, 0.3) is 0 Å². The van der Waals surface area contributed by atoms with Crippen molar-refractivity contribution in [3.8, 4) is 5.75 Å². The van der Waals surface area contributed by atoms with Crippen LogP contribution in [0.3, 0.4) is 0 Å². The quantitative estimate of drug-likeness (QED) is 0.815. The third-order valence-electron chi connectivity index (χ3n) is 4.23. The zero-order chi connectivity index (χ0) is 14.8. The van der Waals surface area contributed by atoms with Crippen molar-refractivity contribution >= 4 is 5.78 Å². The number of ketones is 1. The second-order valence-corrected chi connectivity index (χ2v) is 6.34. The van der Waals surface area contributed by atoms with E-state index in [1.165, 1.54) is 12.0 Å². The van der Waals surface area contributed by atoms with E-state index in [4.69, 9.17) is 4.74 Å². The highest BCUT2D eigenvalue weighted by Gasteiger charge is 2.32. The van der Waals surface area contributed by atoms with Crippen molar-refractivity contribution in [1.29, 1.82) is 0 Å². The Bertz CT molecular complexity index is 538. The zero-order valence-corrected chi connectivity index (χ0v) is 13.0. The molecule has 0 saturated heterocycles. The molecule has 2 rings (SSSR count). The molecule has 0 radical (unpaired) electrons. The molecule has 0 N–H and O–H groups in total. The van der Waals surface area contributed by atoms with Crippen LogP contribution in [0.1, 0.15) is 45.6 Å². The van der Waals surface area contributed by atoms with Crippen molar-refractivity contribution in [1.82, 2.24) is 0 Å². The Labute approximate surface area is 121 Å². The van der Waals surface area contributed by atoms with E-state index in [2.05, 4.69) is 20.8 Å². The van der Waals surface area contributed by atoms with Crippen molar-refractivity contribution < 1.29 is 9.53 Å². The van der Waals surface area contributed by atoms with Gasteiger partial charge in [0.25, 0.3) is 0 Å². The monoisotopic (exact) mass is 272 g/mol. The first-order valence-corrected chi connectivity index (χ1v) is 7.30. The molecule has 0 fully saturated rings. The highest BCUT2D eigenvalue weighted by molar-refractivity contribution is 5.98. The molecule has 0 saturated carbocycles. The molecule has 0 spiro atoms. The average Bonchev–Trinajstić information content (AvgIpc) is 2.37. The predicted molar refractivity (Wildman–Crippen MR) is 82.0 cm³/mol. The van der Waals surface area contributed by atoms with Gasteiger partial charge in [0.2, 0.25) is 0 Å². The van der Waals surface area contributed by atoms with E-state index in [9.17, 15) is 4.79 Å². The second-order valence-electron chi connectivity index (χ2n) is 6.34. The normalized spacial score (nSPS) is 18.0. The van der Waals surface area contributed by atoms with Gasteiger partial charge in [-0.05, 0) is 49.3 Å². The highest BCUT2D eigenvalue weighted by atomic mass is 16.5. The molecule has 1 aromatic rings. The van der Waals surface area contributed by atoms with E-state index in [1.54, 1.807) is 7.11 Å². The van der Waals surface area contributed by atoms with E-state index < -0.39 is 0 Å². The number of carbonyl (C=O) groups is 1. The smallest absolute Gasteiger partial charge is 0.163 e. The van der Waals surface area contributed by atoms with Crippen LogP contribution in [0.5, 0.6) is 5.75 Å². The number of hydrogen-bond acceptors (Lipinski definition) is 2. The third-order valence-corrected chi connectivity index (χ3v) is 4.23. The maximum Gasteiger partial charge on any atom is 0.163 e. The average molecular weight is 272 g/mol. The lowest BCUT2D eigenvalue weighted by atomic mass is 9.70. The molecule has 1 aliphatic rings. The van der Waals surface area contributed by atoms with Crippen molar-refractivity contribution in [3.63, 3.8) is 0 Å². The Balaban J connectivity index is 2.23. The van der Waals surface area contributed by atoms with Crippen LogP contribution in [0.2, 0.25) is 0 Å². The molecule has 2 nitrogen and oxygen atoms in total. The molecular formula is C18H24O2. The lowest BCUT2D eigenvalue weighted by Crippen LogP contribution is -2.27. The summed E-state index contributed by atoms with van der Waals surface area (Å²) in [6.45, 7) is 6.49. The van der Waals surface area contributed by atoms with Crippen LogP contribution < -0.4 is 4.74 Å². The third kappa shape index (κ3) is 3.12. The molecule has 108 valence electrons.